The van der Waals surface area contributed by atoms with Gasteiger partial charge in [-0.2, -0.15) is 0 Å². The highest BCUT2D eigenvalue weighted by Crippen LogP contribution is 2.43. The van der Waals surface area contributed by atoms with Gasteiger partial charge in [0.15, 0.2) is 0 Å². The molecule has 39 heavy (non-hydrogen) atoms. The normalized spacial score (nSPS) is 12.1. The van der Waals surface area contributed by atoms with Gasteiger partial charge in [-0.05, 0) is 53.6 Å². The molecule has 1 nitrogen and oxygen atoms in total. The number of hydrogen-bond acceptors (Lipinski definition) is 2. The Morgan fingerprint density at radius 3 is 1.85 bits per heavy atom. The molecular weight excluding hydrogens is 511 g/mol. The minimum Gasteiger partial charge on any atom is -0.308 e. The fourth-order valence-electron chi connectivity index (χ4n) is 6.21. The monoisotopic (exact) mass is 531 g/mol. The van der Waals surface area contributed by atoms with Gasteiger partial charge in [-0.1, -0.05) is 84.9 Å². The lowest BCUT2D eigenvalue weighted by Crippen LogP contribution is -1.93. The van der Waals surface area contributed by atoms with Crippen molar-refractivity contribution in [2.75, 3.05) is 0 Å². The Kier molecular flexibility index (Phi) is 4.43. The van der Waals surface area contributed by atoms with Crippen LogP contribution < -0.4 is 0 Å². The maximum absolute atomic E-state index is 2.46. The molecule has 0 unspecified atom stereocenters. The summed E-state index contributed by atoms with van der Waals surface area (Å²) >= 11 is 3.77. The van der Waals surface area contributed by atoms with Crippen LogP contribution in [0.25, 0.3) is 79.0 Å². The highest BCUT2D eigenvalue weighted by atomic mass is 32.1. The summed E-state index contributed by atoms with van der Waals surface area (Å²) in [5.74, 6) is 0. The van der Waals surface area contributed by atoms with Crippen molar-refractivity contribution in [2.45, 2.75) is 0 Å². The fraction of sp³-hybridized carbons (Fsp3) is 0. The van der Waals surface area contributed by atoms with Crippen molar-refractivity contribution in [3.63, 3.8) is 0 Å². The molecule has 6 aromatic carbocycles. The number of nitrogens with zero attached hydrogens (tertiary/aromatic N) is 1. The Morgan fingerprint density at radius 1 is 0.410 bits per heavy atom. The number of rotatable bonds is 2. The maximum Gasteiger partial charge on any atom is 0.0719 e. The molecule has 0 aliphatic rings. The Bertz CT molecular complexity index is 2380. The van der Waals surface area contributed by atoms with Gasteiger partial charge in [-0.25, -0.2) is 0 Å². The Hall–Kier alpha value is -4.44. The average Bonchev–Trinajstić information content (AvgIpc) is 3.66. The zero-order valence-electron chi connectivity index (χ0n) is 20.9. The van der Waals surface area contributed by atoms with Crippen molar-refractivity contribution in [1.29, 1.82) is 0 Å². The van der Waals surface area contributed by atoms with Crippen molar-refractivity contribution in [1.82, 2.24) is 4.57 Å². The van der Waals surface area contributed by atoms with Crippen molar-refractivity contribution in [3.8, 4) is 16.8 Å². The van der Waals surface area contributed by atoms with E-state index in [9.17, 15) is 0 Å². The summed E-state index contributed by atoms with van der Waals surface area (Å²) in [4.78, 5) is 0. The third kappa shape index (κ3) is 3.06. The number of aromatic nitrogens is 1. The van der Waals surface area contributed by atoms with Gasteiger partial charge in [-0.15, -0.1) is 22.7 Å². The van der Waals surface area contributed by atoms with Gasteiger partial charge in [0.05, 0.1) is 15.7 Å². The zero-order valence-corrected chi connectivity index (χ0v) is 22.5. The standard InChI is InChI=1S/C36H21NS2/c1-4-10-31-25(7-1)28-18-19-29-26-8-2-6-12-33(26)39-36(29)35(28)37(31)24-16-13-22(14-17-24)23-15-20-34-30(21-23)27-9-3-5-11-32(27)38-34/h1-21H. The Labute approximate surface area is 232 Å². The van der Waals surface area contributed by atoms with Crippen LogP contribution in [0.4, 0.5) is 0 Å². The molecule has 182 valence electrons. The fourth-order valence-corrected chi connectivity index (χ4v) is 8.53. The topological polar surface area (TPSA) is 4.93 Å². The number of thiophene rings is 2. The van der Waals surface area contributed by atoms with E-state index in [1.165, 1.54) is 79.0 Å². The summed E-state index contributed by atoms with van der Waals surface area (Å²) in [7, 11) is 0. The second kappa shape index (κ2) is 8.03. The van der Waals surface area contributed by atoms with Crippen molar-refractivity contribution in [2.24, 2.45) is 0 Å². The number of benzene rings is 6. The molecule has 0 spiro atoms. The number of fused-ring (bicyclic) bond motifs is 10. The van der Waals surface area contributed by atoms with Gasteiger partial charge in [0.25, 0.3) is 0 Å². The van der Waals surface area contributed by atoms with E-state index in [1.54, 1.807) is 0 Å². The minimum atomic E-state index is 1.19. The van der Waals surface area contributed by atoms with Crippen LogP contribution in [-0.2, 0) is 0 Å². The van der Waals surface area contributed by atoms with Gasteiger partial charge in [-0.3, -0.25) is 0 Å². The van der Waals surface area contributed by atoms with Gasteiger partial charge in [0.1, 0.15) is 0 Å². The third-order valence-corrected chi connectivity index (χ3v) is 10.4. The van der Waals surface area contributed by atoms with Crippen LogP contribution in [0.1, 0.15) is 0 Å². The summed E-state index contributed by atoms with van der Waals surface area (Å²) in [6.07, 6.45) is 0. The molecule has 0 atom stereocenters. The summed E-state index contributed by atoms with van der Waals surface area (Å²) in [6.45, 7) is 0. The predicted molar refractivity (Wildman–Crippen MR) is 172 cm³/mol. The maximum atomic E-state index is 2.46. The Balaban J connectivity index is 1.26. The van der Waals surface area contributed by atoms with E-state index >= 15 is 0 Å². The molecule has 0 fully saturated rings. The smallest absolute Gasteiger partial charge is 0.0719 e. The van der Waals surface area contributed by atoms with Gasteiger partial charge in [0, 0.05) is 52.1 Å². The van der Waals surface area contributed by atoms with E-state index in [1.807, 2.05) is 22.7 Å². The number of hydrogen-bond donors (Lipinski definition) is 0. The van der Waals surface area contributed by atoms with Crippen LogP contribution in [-0.4, -0.2) is 4.57 Å². The lowest BCUT2D eigenvalue weighted by molar-refractivity contribution is 1.19. The molecule has 0 aliphatic heterocycles. The van der Waals surface area contributed by atoms with Crippen LogP contribution in [0.2, 0.25) is 0 Å². The molecule has 9 rings (SSSR count). The van der Waals surface area contributed by atoms with Crippen molar-refractivity contribution < 1.29 is 0 Å². The average molecular weight is 532 g/mol. The molecule has 3 heterocycles. The highest BCUT2D eigenvalue weighted by Gasteiger charge is 2.17. The molecule has 9 aromatic rings. The summed E-state index contributed by atoms with van der Waals surface area (Å²) in [5, 5.41) is 7.96. The van der Waals surface area contributed by atoms with Crippen LogP contribution in [0.15, 0.2) is 127 Å². The molecule has 0 saturated carbocycles. The molecule has 0 radical (unpaired) electrons. The van der Waals surface area contributed by atoms with Crippen LogP contribution in [0.5, 0.6) is 0 Å². The van der Waals surface area contributed by atoms with Crippen LogP contribution >= 0.6 is 22.7 Å². The van der Waals surface area contributed by atoms with Crippen LogP contribution in [0.3, 0.4) is 0 Å². The summed E-state index contributed by atoms with van der Waals surface area (Å²) < 4.78 is 7.84. The third-order valence-electron chi connectivity index (χ3n) is 8.02. The first-order chi connectivity index (χ1) is 19.3. The minimum absolute atomic E-state index is 1.19. The lowest BCUT2D eigenvalue weighted by Gasteiger charge is -2.10. The SMILES string of the molecule is c1ccc2c(c1)sc1ccc(-c3ccc(-n4c5ccccc5c5ccc6c7ccccc7sc6c54)cc3)cc12. The largest absolute Gasteiger partial charge is 0.308 e. The predicted octanol–water partition coefficient (Wildman–Crippen LogP) is 11.2. The van der Waals surface area contributed by atoms with Gasteiger partial charge in [0.2, 0.25) is 0 Å². The second-order valence-corrected chi connectivity index (χ2v) is 12.3. The molecule has 0 saturated heterocycles. The van der Waals surface area contributed by atoms with Gasteiger partial charge < -0.3 is 4.57 Å². The first kappa shape index (κ1) is 21.5. The molecule has 0 N–H and O–H groups in total. The van der Waals surface area contributed by atoms with E-state index < -0.39 is 0 Å². The molecule has 3 aromatic heterocycles. The van der Waals surface area contributed by atoms with E-state index in [4.69, 9.17) is 0 Å². The molecule has 0 aliphatic carbocycles. The first-order valence-corrected chi connectivity index (χ1v) is 14.8. The Morgan fingerprint density at radius 2 is 1.03 bits per heavy atom. The highest BCUT2D eigenvalue weighted by molar-refractivity contribution is 7.26. The molecular formula is C36H21NS2. The quantitative estimate of drug-likeness (QED) is 0.209. The van der Waals surface area contributed by atoms with Crippen molar-refractivity contribution in [3.05, 3.63) is 127 Å². The molecule has 3 heteroatoms. The van der Waals surface area contributed by atoms with E-state index in [0.29, 0.717) is 0 Å². The summed E-state index contributed by atoms with van der Waals surface area (Å²) in [6, 6.07) is 46.9. The molecule has 0 amide bonds. The van der Waals surface area contributed by atoms with E-state index in [-0.39, 0.29) is 0 Å². The van der Waals surface area contributed by atoms with E-state index in [2.05, 4.69) is 132 Å². The number of para-hydroxylation sites is 1. The van der Waals surface area contributed by atoms with Crippen molar-refractivity contribution >= 4 is 84.8 Å². The molecule has 0 bridgehead atoms. The lowest BCUT2D eigenvalue weighted by atomic mass is 10.0. The first-order valence-electron chi connectivity index (χ1n) is 13.2. The zero-order chi connectivity index (χ0) is 25.5. The van der Waals surface area contributed by atoms with Gasteiger partial charge >= 0.3 is 0 Å². The second-order valence-electron chi connectivity index (χ2n) is 10.1. The van der Waals surface area contributed by atoms with E-state index in [0.717, 1.165) is 0 Å². The summed E-state index contributed by atoms with van der Waals surface area (Å²) in [5.41, 5.74) is 6.23. The van der Waals surface area contributed by atoms with Crippen LogP contribution in [0, 0.1) is 0 Å².